The molecule has 0 saturated heterocycles. The molecule has 0 unspecified atom stereocenters. The summed E-state index contributed by atoms with van der Waals surface area (Å²) in [5.74, 6) is -0.386. The molecule has 324 valence electrons. The average Bonchev–Trinajstić information content (AvgIpc) is 3.86. The van der Waals surface area contributed by atoms with E-state index in [1.807, 2.05) is 12.2 Å². The molecule has 0 saturated carbocycles. The van der Waals surface area contributed by atoms with E-state index in [0.717, 1.165) is 5.57 Å². The van der Waals surface area contributed by atoms with Gasteiger partial charge in [0.25, 0.3) is 0 Å². The summed E-state index contributed by atoms with van der Waals surface area (Å²) in [6.07, 6.45) is 15.3. The van der Waals surface area contributed by atoms with Crippen LogP contribution in [0, 0.1) is 0 Å². The molecule has 64 heavy (non-hydrogen) atoms. The van der Waals surface area contributed by atoms with Crippen LogP contribution in [0.1, 0.15) is 48.6 Å². The standard InChI is InChI=1S/2C12H7Cl2NO.C12H8Cl2O.C11H7Cl2NO2S/c13-9-1-2-11(14)10(7-9)12(16)8-3-5-15-6-4-8;13-9-3-4-11(14)10(6-9)12(16)8-2-1-5-15-7-8;13-9-5-6-11(14)10(7-9)12(15)8-3-1-2-4-8;12-8-3-4-10(13)11(6-8)17(15,16)9-2-1-5-14-7-9/h2*1-7H;1-3,5-7H,4H2;1-7H. The summed E-state index contributed by atoms with van der Waals surface area (Å²) < 4.78 is 24.4. The minimum Gasteiger partial charge on any atom is -0.289 e. The second kappa shape index (κ2) is 23.9. The number of halogens is 8. The van der Waals surface area contributed by atoms with Gasteiger partial charge in [0.2, 0.25) is 9.84 Å². The minimum atomic E-state index is -3.67. The summed E-state index contributed by atoms with van der Waals surface area (Å²) >= 11 is 46.9. The van der Waals surface area contributed by atoms with Crippen LogP contribution in [0.2, 0.25) is 40.2 Å². The van der Waals surface area contributed by atoms with Crippen LogP contribution < -0.4 is 0 Å². The third-order valence-corrected chi connectivity index (χ3v) is 12.7. The molecule has 7 aromatic rings. The smallest absolute Gasteiger partial charge is 0.209 e. The maximum absolute atomic E-state index is 12.2. The molecule has 1 aliphatic rings. The second-order valence-electron chi connectivity index (χ2n) is 12.9. The Hall–Kier alpha value is -4.91. The molecule has 0 N–H and O–H groups in total. The van der Waals surface area contributed by atoms with Crippen LogP contribution in [0.15, 0.2) is 180 Å². The molecule has 4 aromatic carbocycles. The first-order valence-electron chi connectivity index (χ1n) is 18.3. The summed E-state index contributed by atoms with van der Waals surface area (Å²) in [7, 11) is -3.67. The lowest BCUT2D eigenvalue weighted by molar-refractivity contribution is 0.102. The van der Waals surface area contributed by atoms with Gasteiger partial charge < -0.3 is 0 Å². The van der Waals surface area contributed by atoms with Crippen molar-refractivity contribution in [3.05, 3.63) is 238 Å². The van der Waals surface area contributed by atoms with Gasteiger partial charge in [-0.3, -0.25) is 29.3 Å². The monoisotopic (exact) mass is 1030 g/mol. The Labute approximate surface area is 409 Å². The number of carbonyl (C=O) groups excluding carboxylic acids is 3. The van der Waals surface area contributed by atoms with Crippen molar-refractivity contribution in [2.45, 2.75) is 16.2 Å². The van der Waals surface area contributed by atoms with Crippen LogP contribution in [0.5, 0.6) is 0 Å². The van der Waals surface area contributed by atoms with Gasteiger partial charge in [0.05, 0.1) is 29.9 Å². The van der Waals surface area contributed by atoms with Crippen LogP contribution in [-0.4, -0.2) is 40.7 Å². The fourth-order valence-electron chi connectivity index (χ4n) is 5.43. The fourth-order valence-corrected chi connectivity index (χ4v) is 8.53. The molecule has 0 bridgehead atoms. The molecule has 0 spiro atoms. The van der Waals surface area contributed by atoms with Crippen LogP contribution in [-0.2, 0) is 9.84 Å². The van der Waals surface area contributed by atoms with Gasteiger partial charge in [-0.2, -0.15) is 0 Å². The molecule has 8 rings (SSSR count). The van der Waals surface area contributed by atoms with Gasteiger partial charge in [-0.25, -0.2) is 8.42 Å². The van der Waals surface area contributed by atoms with Crippen molar-refractivity contribution in [2.75, 3.05) is 0 Å². The molecule has 8 nitrogen and oxygen atoms in total. The van der Waals surface area contributed by atoms with Crippen molar-refractivity contribution in [3.63, 3.8) is 0 Å². The Bertz CT molecular complexity index is 2880. The number of hydrogen-bond donors (Lipinski definition) is 0. The predicted molar refractivity (Wildman–Crippen MR) is 257 cm³/mol. The van der Waals surface area contributed by atoms with Crippen LogP contribution in [0.3, 0.4) is 0 Å². The Kier molecular flexibility index (Phi) is 18.7. The van der Waals surface area contributed by atoms with Gasteiger partial charge in [-0.05, 0) is 116 Å². The number of pyridine rings is 3. The topological polar surface area (TPSA) is 124 Å². The number of nitrogens with zero attached hydrogens (tertiary/aromatic N) is 3. The average molecular weight is 1030 g/mol. The summed E-state index contributed by atoms with van der Waals surface area (Å²) in [6.45, 7) is 0. The highest BCUT2D eigenvalue weighted by Gasteiger charge is 2.21. The lowest BCUT2D eigenvalue weighted by Crippen LogP contribution is -2.03. The number of aromatic nitrogens is 3. The van der Waals surface area contributed by atoms with Gasteiger partial charge >= 0.3 is 0 Å². The summed E-state index contributed by atoms with van der Waals surface area (Å²) in [5, 5.41) is 3.17. The van der Waals surface area contributed by atoms with E-state index in [1.165, 1.54) is 42.9 Å². The van der Waals surface area contributed by atoms with Crippen LogP contribution in [0.25, 0.3) is 0 Å². The number of benzene rings is 4. The summed E-state index contributed by atoms with van der Waals surface area (Å²) in [5.41, 5.74) is 3.05. The van der Waals surface area contributed by atoms with E-state index in [-0.39, 0.29) is 32.2 Å². The van der Waals surface area contributed by atoms with Crippen molar-refractivity contribution >= 4 is 120 Å². The lowest BCUT2D eigenvalue weighted by atomic mass is 10.0. The molecule has 3 heterocycles. The summed E-state index contributed by atoms with van der Waals surface area (Å²) in [6, 6.07) is 28.5. The van der Waals surface area contributed by atoms with E-state index in [9.17, 15) is 22.8 Å². The number of hydrogen-bond acceptors (Lipinski definition) is 8. The molecule has 0 fully saturated rings. The highest BCUT2D eigenvalue weighted by molar-refractivity contribution is 7.91. The first kappa shape index (κ1) is 50.1. The minimum absolute atomic E-state index is 0.0142. The molecular weight excluding hydrogens is 1000 g/mol. The third kappa shape index (κ3) is 13.8. The third-order valence-electron chi connectivity index (χ3n) is 8.58. The fraction of sp³-hybridized carbons (Fsp3) is 0.0213. The zero-order valence-electron chi connectivity index (χ0n) is 32.6. The Morgan fingerprint density at radius 3 is 1.41 bits per heavy atom. The van der Waals surface area contributed by atoms with E-state index in [2.05, 4.69) is 15.0 Å². The van der Waals surface area contributed by atoms with Crippen molar-refractivity contribution in [1.82, 2.24) is 15.0 Å². The van der Waals surface area contributed by atoms with Gasteiger partial charge in [-0.15, -0.1) is 0 Å². The van der Waals surface area contributed by atoms with Crippen LogP contribution in [0.4, 0.5) is 0 Å². The van der Waals surface area contributed by atoms with Crippen LogP contribution >= 0.6 is 92.8 Å². The van der Waals surface area contributed by atoms with Crippen molar-refractivity contribution in [1.29, 1.82) is 0 Å². The van der Waals surface area contributed by atoms with Crippen molar-refractivity contribution in [3.8, 4) is 0 Å². The zero-order chi connectivity index (χ0) is 46.4. The molecule has 0 radical (unpaired) electrons. The maximum Gasteiger partial charge on any atom is 0.209 e. The first-order chi connectivity index (χ1) is 30.6. The highest BCUT2D eigenvalue weighted by Crippen LogP contribution is 2.30. The largest absolute Gasteiger partial charge is 0.289 e. The SMILES string of the molecule is O=C(C1=CC=CC1)c1cc(Cl)ccc1Cl.O=C(c1cccnc1)c1cc(Cl)ccc1Cl.O=C(c1ccncc1)c1cc(Cl)ccc1Cl.O=S(=O)(c1cccnc1)c1cc(Cl)ccc1Cl. The normalized spacial score (nSPS) is 11.4. The molecule has 3 aromatic heterocycles. The second-order valence-corrected chi connectivity index (χ2v) is 18.2. The maximum atomic E-state index is 12.2. The number of ketones is 3. The molecule has 0 atom stereocenters. The molecule has 1 aliphatic carbocycles. The quantitative estimate of drug-likeness (QED) is 0.138. The first-order valence-corrected chi connectivity index (χ1v) is 22.8. The van der Waals surface area contributed by atoms with E-state index in [4.69, 9.17) is 92.8 Å². The van der Waals surface area contributed by atoms with Gasteiger partial charge in [0, 0.05) is 90.7 Å². The highest BCUT2D eigenvalue weighted by atomic mass is 35.5. The Morgan fingerprint density at radius 1 is 0.469 bits per heavy atom. The number of allylic oxidation sites excluding steroid dienone is 4. The van der Waals surface area contributed by atoms with E-state index in [0.29, 0.717) is 69.4 Å². The van der Waals surface area contributed by atoms with E-state index < -0.39 is 9.84 Å². The number of rotatable bonds is 8. The van der Waals surface area contributed by atoms with Gasteiger partial charge in [-0.1, -0.05) is 111 Å². The molecule has 0 amide bonds. The number of sulfone groups is 1. The van der Waals surface area contributed by atoms with Gasteiger partial charge in [0.15, 0.2) is 17.3 Å². The number of Topliss-reactive ketones (excluding diaryl/α,β-unsaturated/α-hetero) is 1. The Morgan fingerprint density at radius 2 is 0.938 bits per heavy atom. The van der Waals surface area contributed by atoms with Crippen molar-refractivity contribution in [2.24, 2.45) is 0 Å². The zero-order valence-corrected chi connectivity index (χ0v) is 39.5. The number of carbonyl (C=O) groups is 3. The molecule has 17 heteroatoms. The molecule has 0 aliphatic heterocycles. The van der Waals surface area contributed by atoms with Gasteiger partial charge in [0.1, 0.15) is 0 Å². The lowest BCUT2D eigenvalue weighted by Gasteiger charge is -2.06. The summed E-state index contributed by atoms with van der Waals surface area (Å²) in [4.78, 5) is 47.6. The molecular formula is C47H29Cl8N3O5S. The predicted octanol–water partition coefficient (Wildman–Crippen LogP) is 14.5. The Balaban J connectivity index is 0.000000161. The van der Waals surface area contributed by atoms with E-state index >= 15 is 0 Å². The van der Waals surface area contributed by atoms with Crippen molar-refractivity contribution < 1.29 is 22.8 Å². The van der Waals surface area contributed by atoms with E-state index in [1.54, 1.807) is 110 Å².